The molecule has 0 aliphatic heterocycles. The monoisotopic (exact) mass is 392 g/mol. The molecule has 0 saturated carbocycles. The maximum absolute atomic E-state index is 11.6. The number of aliphatic hydroxyl groups is 1. The summed E-state index contributed by atoms with van der Waals surface area (Å²) < 4.78 is 0. The third-order valence-electron chi connectivity index (χ3n) is 4.48. The van der Waals surface area contributed by atoms with E-state index < -0.39 is 18.6 Å². The number of hydrogen-bond acceptors (Lipinski definition) is 3. The molecule has 1 amide bonds. The fraction of sp³-hybridized carbons (Fsp3) is 0.810. The molecule has 1 radical (unpaired) electrons. The molecule has 0 aliphatic carbocycles. The van der Waals surface area contributed by atoms with Gasteiger partial charge in [0.25, 0.3) is 0 Å². The number of hydrogen-bond donors (Lipinski definition) is 3. The van der Waals surface area contributed by atoms with Gasteiger partial charge in [-0.1, -0.05) is 70.4 Å². The van der Waals surface area contributed by atoms with E-state index in [2.05, 4.69) is 24.4 Å². The van der Waals surface area contributed by atoms with Crippen LogP contribution in [-0.4, -0.2) is 64.3 Å². The molecule has 0 aromatic carbocycles. The van der Waals surface area contributed by atoms with Crippen molar-refractivity contribution in [1.82, 2.24) is 5.32 Å². The molecule has 3 N–H and O–H groups in total. The summed E-state index contributed by atoms with van der Waals surface area (Å²) in [6.45, 7) is 1.67. The first-order valence-electron chi connectivity index (χ1n) is 10.4. The topological polar surface area (TPSA) is 86.6 Å². The minimum Gasteiger partial charge on any atom is -0.480 e. The Morgan fingerprint density at radius 1 is 0.852 bits per heavy atom. The van der Waals surface area contributed by atoms with Crippen LogP contribution in [0.1, 0.15) is 96.8 Å². The summed E-state index contributed by atoms with van der Waals surface area (Å²) in [5.41, 5.74) is 0. The van der Waals surface area contributed by atoms with Gasteiger partial charge in [0.1, 0.15) is 6.04 Å². The van der Waals surface area contributed by atoms with Crippen LogP contribution in [0.2, 0.25) is 0 Å². The summed E-state index contributed by atoms with van der Waals surface area (Å²) >= 11 is 0. The smallest absolute Gasteiger partial charge is 0.328 e. The zero-order valence-corrected chi connectivity index (χ0v) is 19.5. The van der Waals surface area contributed by atoms with Gasteiger partial charge in [-0.15, -0.1) is 0 Å². The Morgan fingerprint density at radius 3 is 1.81 bits per heavy atom. The van der Waals surface area contributed by atoms with Crippen molar-refractivity contribution in [3.05, 3.63) is 12.2 Å². The van der Waals surface area contributed by atoms with Crippen LogP contribution >= 0.6 is 0 Å². The van der Waals surface area contributed by atoms with E-state index in [1.807, 2.05) is 0 Å². The molecular formula is C21H39NNaO4. The van der Waals surface area contributed by atoms with E-state index in [-0.39, 0.29) is 35.5 Å². The predicted molar refractivity (Wildman–Crippen MR) is 112 cm³/mol. The number of rotatable bonds is 18. The second-order valence-electron chi connectivity index (χ2n) is 6.98. The van der Waals surface area contributed by atoms with Crippen LogP contribution in [0.3, 0.4) is 0 Å². The van der Waals surface area contributed by atoms with Crippen LogP contribution in [0.5, 0.6) is 0 Å². The Morgan fingerprint density at radius 2 is 1.33 bits per heavy atom. The number of nitrogens with one attached hydrogen (secondary N) is 1. The van der Waals surface area contributed by atoms with Crippen LogP contribution in [-0.2, 0) is 9.59 Å². The summed E-state index contributed by atoms with van der Waals surface area (Å²) in [6, 6.07) is -1.19. The van der Waals surface area contributed by atoms with Crippen molar-refractivity contribution in [2.24, 2.45) is 0 Å². The van der Waals surface area contributed by atoms with Gasteiger partial charge in [-0.3, -0.25) is 4.79 Å². The number of carbonyl (C=O) groups is 2. The Bertz CT molecular complexity index is 388. The number of carbonyl (C=O) groups excluding carboxylic acids is 1. The van der Waals surface area contributed by atoms with Gasteiger partial charge in [-0.2, -0.15) is 0 Å². The van der Waals surface area contributed by atoms with E-state index in [1.165, 1.54) is 51.4 Å². The van der Waals surface area contributed by atoms with Crippen LogP contribution in [0, 0.1) is 0 Å². The minimum absolute atomic E-state index is 0. The number of aliphatic carboxylic acids is 1. The van der Waals surface area contributed by atoms with Crippen molar-refractivity contribution in [3.8, 4) is 0 Å². The molecule has 0 fully saturated rings. The normalized spacial score (nSPS) is 11.9. The Kier molecular flexibility index (Phi) is 23.4. The Balaban J connectivity index is 0. The molecule has 0 rings (SSSR count). The van der Waals surface area contributed by atoms with E-state index in [9.17, 15) is 9.59 Å². The number of aliphatic hydroxyl groups excluding tert-OH is 1. The summed E-state index contributed by atoms with van der Waals surface area (Å²) in [6.07, 6.45) is 20.5. The fourth-order valence-corrected chi connectivity index (χ4v) is 2.81. The van der Waals surface area contributed by atoms with Crippen molar-refractivity contribution < 1.29 is 19.8 Å². The van der Waals surface area contributed by atoms with Gasteiger partial charge in [0, 0.05) is 36.0 Å². The van der Waals surface area contributed by atoms with Crippen molar-refractivity contribution in [3.63, 3.8) is 0 Å². The van der Waals surface area contributed by atoms with Gasteiger partial charge < -0.3 is 15.5 Å². The van der Waals surface area contributed by atoms with Crippen LogP contribution in [0.4, 0.5) is 0 Å². The molecule has 1 atom stereocenters. The maximum Gasteiger partial charge on any atom is 0.328 e. The Hall–Kier alpha value is -0.360. The first kappa shape index (κ1) is 28.8. The van der Waals surface area contributed by atoms with Gasteiger partial charge in [-0.05, 0) is 32.1 Å². The molecule has 0 aliphatic rings. The molecule has 0 bridgehead atoms. The first-order valence-corrected chi connectivity index (χ1v) is 10.4. The molecule has 0 heterocycles. The van der Waals surface area contributed by atoms with E-state index >= 15 is 0 Å². The second-order valence-corrected chi connectivity index (χ2v) is 6.98. The third-order valence-corrected chi connectivity index (χ3v) is 4.48. The largest absolute Gasteiger partial charge is 0.480 e. The van der Waals surface area contributed by atoms with Gasteiger partial charge in [-0.25, -0.2) is 4.79 Å². The van der Waals surface area contributed by atoms with Crippen LogP contribution in [0.15, 0.2) is 12.2 Å². The second kappa shape index (κ2) is 21.9. The Labute approximate surface area is 187 Å². The van der Waals surface area contributed by atoms with Crippen molar-refractivity contribution in [1.29, 1.82) is 0 Å². The van der Waals surface area contributed by atoms with Crippen LogP contribution < -0.4 is 5.32 Å². The van der Waals surface area contributed by atoms with Gasteiger partial charge in [0.05, 0.1) is 6.61 Å². The third kappa shape index (κ3) is 20.2. The molecule has 153 valence electrons. The number of carboxylic acids is 1. The number of amides is 1. The quantitative estimate of drug-likeness (QED) is 0.185. The van der Waals surface area contributed by atoms with Crippen molar-refractivity contribution >= 4 is 41.4 Å². The van der Waals surface area contributed by atoms with Crippen LogP contribution in [0.25, 0.3) is 0 Å². The maximum atomic E-state index is 11.6. The van der Waals surface area contributed by atoms with E-state index in [0.717, 1.165) is 32.1 Å². The first-order chi connectivity index (χ1) is 12.6. The number of allylic oxidation sites excluding steroid dienone is 2. The molecule has 0 saturated heterocycles. The molecular weight excluding hydrogens is 353 g/mol. The van der Waals surface area contributed by atoms with Crippen molar-refractivity contribution in [2.45, 2.75) is 103 Å². The molecule has 0 aromatic heterocycles. The van der Waals surface area contributed by atoms with Gasteiger partial charge in [0.15, 0.2) is 0 Å². The van der Waals surface area contributed by atoms with E-state index in [4.69, 9.17) is 10.2 Å². The predicted octanol–water partition coefficient (Wildman–Crippen LogP) is 4.20. The van der Waals surface area contributed by atoms with Crippen molar-refractivity contribution in [2.75, 3.05) is 6.61 Å². The average Bonchev–Trinajstić information content (AvgIpc) is 2.62. The molecule has 6 heteroatoms. The molecule has 27 heavy (non-hydrogen) atoms. The van der Waals surface area contributed by atoms with Gasteiger partial charge >= 0.3 is 5.97 Å². The van der Waals surface area contributed by atoms with E-state index in [0.29, 0.717) is 6.42 Å². The number of carboxylic acid groups (broad SMARTS) is 1. The molecule has 0 unspecified atom stereocenters. The average molecular weight is 393 g/mol. The minimum atomic E-state index is -1.20. The molecule has 5 nitrogen and oxygen atoms in total. The molecule has 0 spiro atoms. The number of unbranched alkanes of at least 4 members (excludes halogenated alkanes) is 11. The standard InChI is InChI=1S/C21H39NO4.Na/c1-2-3-4-5-6-7-8-9-10-11-12-13-14-15-16-17-20(24)22-19(18-23)21(25)26;/h9-10,19,23H,2-8,11-18H2,1H3,(H,22,24)(H,25,26);/b10-9-;/t19-;/m0./s1. The zero-order chi connectivity index (χ0) is 19.5. The summed E-state index contributed by atoms with van der Waals surface area (Å²) in [7, 11) is 0. The summed E-state index contributed by atoms with van der Waals surface area (Å²) in [4.78, 5) is 22.3. The summed E-state index contributed by atoms with van der Waals surface area (Å²) in [5, 5.41) is 19.9. The molecule has 0 aromatic rings. The van der Waals surface area contributed by atoms with E-state index in [1.54, 1.807) is 0 Å². The zero-order valence-electron chi connectivity index (χ0n) is 17.5. The SMILES string of the molecule is CCCCCCCC/C=C\CCCCCCCC(=O)N[C@@H](CO)C(=O)O.[Na]. The van der Waals surface area contributed by atoms with Gasteiger partial charge in [0.2, 0.25) is 5.91 Å². The summed E-state index contributed by atoms with van der Waals surface area (Å²) in [5.74, 6) is -1.51. The fourth-order valence-electron chi connectivity index (χ4n) is 2.81.